The number of carbonyl (C=O) groups is 1. The van der Waals surface area contributed by atoms with Crippen molar-refractivity contribution in [1.29, 1.82) is 0 Å². The normalized spacial score (nSPS) is 10.7. The molecule has 6 heteroatoms. The molecule has 0 aromatic heterocycles. The summed E-state index contributed by atoms with van der Waals surface area (Å²) < 4.78 is 0. The number of halogens is 5. The first-order valence-electron chi connectivity index (χ1n) is 5.51. The van der Waals surface area contributed by atoms with Crippen LogP contribution in [0.15, 0.2) is 30.3 Å². The molecule has 0 fully saturated rings. The second-order valence-corrected chi connectivity index (χ2v) is 6.01. The van der Waals surface area contributed by atoms with Crippen LogP contribution in [0.2, 0.25) is 25.1 Å². The van der Waals surface area contributed by atoms with E-state index in [9.17, 15) is 4.79 Å². The predicted molar refractivity (Wildman–Crippen MR) is 86.0 cm³/mol. The maximum absolute atomic E-state index is 12.3. The number of rotatable bonds is 3. The highest BCUT2D eigenvalue weighted by molar-refractivity contribution is 6.51. The van der Waals surface area contributed by atoms with Gasteiger partial charge in [0, 0.05) is 11.4 Å². The van der Waals surface area contributed by atoms with Crippen LogP contribution < -0.4 is 0 Å². The number of Topliss-reactive ketones (excluding diaryl/α,β-unsaturated/α-hetero) is 1. The molecule has 1 nitrogen and oxygen atoms in total. The highest BCUT2D eigenvalue weighted by Crippen LogP contribution is 2.38. The molecular formula is C14H7Cl5O. The van der Waals surface area contributed by atoms with Crippen molar-refractivity contribution in [3.05, 3.63) is 66.6 Å². The summed E-state index contributed by atoms with van der Waals surface area (Å²) in [6.07, 6.45) is 0.0804. The first-order valence-corrected chi connectivity index (χ1v) is 7.40. The van der Waals surface area contributed by atoms with Gasteiger partial charge in [-0.2, -0.15) is 0 Å². The molecule has 0 radical (unpaired) electrons. The van der Waals surface area contributed by atoms with Gasteiger partial charge in [0.2, 0.25) is 0 Å². The summed E-state index contributed by atoms with van der Waals surface area (Å²) >= 11 is 29.9. The second kappa shape index (κ2) is 6.55. The van der Waals surface area contributed by atoms with Crippen LogP contribution in [0.3, 0.4) is 0 Å². The monoisotopic (exact) mass is 366 g/mol. The molecule has 0 saturated carbocycles. The van der Waals surface area contributed by atoms with E-state index >= 15 is 0 Å². The Morgan fingerprint density at radius 3 is 2.15 bits per heavy atom. The molecule has 0 atom stereocenters. The molecule has 2 aromatic carbocycles. The van der Waals surface area contributed by atoms with Crippen molar-refractivity contribution in [2.24, 2.45) is 0 Å². The van der Waals surface area contributed by atoms with Gasteiger partial charge in [0.05, 0.1) is 25.7 Å². The molecule has 0 N–H and O–H groups in total. The number of benzene rings is 2. The van der Waals surface area contributed by atoms with E-state index in [-0.39, 0.29) is 37.9 Å². The molecule has 0 amide bonds. The van der Waals surface area contributed by atoms with Gasteiger partial charge >= 0.3 is 0 Å². The van der Waals surface area contributed by atoms with E-state index in [1.54, 1.807) is 24.3 Å². The van der Waals surface area contributed by atoms with Crippen LogP contribution in [0, 0.1) is 0 Å². The fraction of sp³-hybridized carbons (Fsp3) is 0.0714. The highest BCUT2D eigenvalue weighted by Gasteiger charge is 2.20. The van der Waals surface area contributed by atoms with Gasteiger partial charge < -0.3 is 0 Å². The molecule has 2 rings (SSSR count). The quantitative estimate of drug-likeness (QED) is 0.349. The van der Waals surface area contributed by atoms with Crippen molar-refractivity contribution in [2.75, 3.05) is 0 Å². The van der Waals surface area contributed by atoms with E-state index in [1.807, 2.05) is 0 Å². The van der Waals surface area contributed by atoms with Crippen LogP contribution in [-0.4, -0.2) is 5.78 Å². The molecule has 0 heterocycles. The first kappa shape index (κ1) is 15.9. The van der Waals surface area contributed by atoms with Gasteiger partial charge in [-0.25, -0.2) is 0 Å². The van der Waals surface area contributed by atoms with E-state index in [2.05, 4.69) is 0 Å². The zero-order valence-corrected chi connectivity index (χ0v) is 13.7. The van der Waals surface area contributed by atoms with Crippen LogP contribution in [0.25, 0.3) is 0 Å². The molecule has 20 heavy (non-hydrogen) atoms. The van der Waals surface area contributed by atoms with Crippen molar-refractivity contribution in [1.82, 2.24) is 0 Å². The molecular weight excluding hydrogens is 361 g/mol. The molecule has 2 aromatic rings. The minimum Gasteiger partial charge on any atom is -0.294 e. The lowest BCUT2D eigenvalue weighted by Gasteiger charge is -2.10. The van der Waals surface area contributed by atoms with Gasteiger partial charge in [0.25, 0.3) is 0 Å². The number of hydrogen-bond acceptors (Lipinski definition) is 1. The van der Waals surface area contributed by atoms with E-state index in [0.717, 1.165) is 0 Å². The van der Waals surface area contributed by atoms with Gasteiger partial charge in [-0.05, 0) is 17.7 Å². The zero-order chi connectivity index (χ0) is 14.9. The molecule has 0 aliphatic rings. The Morgan fingerprint density at radius 1 is 0.850 bits per heavy atom. The van der Waals surface area contributed by atoms with Crippen LogP contribution in [-0.2, 0) is 6.42 Å². The Balaban J connectivity index is 2.40. The van der Waals surface area contributed by atoms with Crippen molar-refractivity contribution in [2.45, 2.75) is 6.42 Å². The summed E-state index contributed by atoms with van der Waals surface area (Å²) in [5.74, 6) is -0.272. The molecule has 0 saturated heterocycles. The second-order valence-electron chi connectivity index (χ2n) is 4.03. The summed E-state index contributed by atoms with van der Waals surface area (Å²) in [6.45, 7) is 0. The third kappa shape index (κ3) is 3.24. The van der Waals surface area contributed by atoms with Gasteiger partial charge in [-0.1, -0.05) is 76.2 Å². The van der Waals surface area contributed by atoms with Gasteiger partial charge in [0.15, 0.2) is 5.78 Å². The predicted octanol–water partition coefficient (Wildman–Crippen LogP) is 6.38. The summed E-state index contributed by atoms with van der Waals surface area (Å²) in [6, 6.07) is 8.46. The van der Waals surface area contributed by atoms with Crippen LogP contribution in [0.1, 0.15) is 15.9 Å². The lowest BCUT2D eigenvalue weighted by atomic mass is 10.0. The Labute approximate surface area is 141 Å². The largest absolute Gasteiger partial charge is 0.294 e. The number of carbonyl (C=O) groups excluding carboxylic acids is 1. The van der Waals surface area contributed by atoms with Crippen molar-refractivity contribution in [3.8, 4) is 0 Å². The minimum absolute atomic E-state index is 0.0567. The summed E-state index contributed by atoms with van der Waals surface area (Å²) in [4.78, 5) is 12.3. The third-order valence-electron chi connectivity index (χ3n) is 2.70. The van der Waals surface area contributed by atoms with E-state index in [4.69, 9.17) is 58.0 Å². The summed E-state index contributed by atoms with van der Waals surface area (Å²) in [5, 5.41) is 1.05. The fourth-order valence-corrected chi connectivity index (χ4v) is 3.05. The lowest BCUT2D eigenvalue weighted by Crippen LogP contribution is -2.06. The van der Waals surface area contributed by atoms with Crippen LogP contribution >= 0.6 is 58.0 Å². The van der Waals surface area contributed by atoms with Crippen LogP contribution in [0.4, 0.5) is 0 Å². The minimum atomic E-state index is -0.272. The maximum atomic E-state index is 12.3. The number of ketones is 1. The van der Waals surface area contributed by atoms with E-state index in [1.165, 1.54) is 6.07 Å². The molecule has 0 bridgehead atoms. The molecule has 0 aliphatic heterocycles. The summed E-state index contributed by atoms with van der Waals surface area (Å²) in [7, 11) is 0. The Hall–Kier alpha value is -0.440. The molecule has 0 spiro atoms. The average molecular weight is 368 g/mol. The summed E-state index contributed by atoms with van der Waals surface area (Å²) in [5.41, 5.74) is 0.847. The van der Waals surface area contributed by atoms with Crippen LogP contribution in [0.5, 0.6) is 0 Å². The smallest absolute Gasteiger partial charge is 0.170 e. The maximum Gasteiger partial charge on any atom is 0.170 e. The van der Waals surface area contributed by atoms with Gasteiger partial charge in [-0.15, -0.1) is 0 Å². The van der Waals surface area contributed by atoms with E-state index < -0.39 is 0 Å². The van der Waals surface area contributed by atoms with Crippen molar-refractivity contribution in [3.63, 3.8) is 0 Å². The van der Waals surface area contributed by atoms with Crippen molar-refractivity contribution < 1.29 is 4.79 Å². The molecule has 0 aliphatic carbocycles. The molecule has 104 valence electrons. The standard InChI is InChI=1S/C14H7Cl5O/c15-8-4-2-1-3-7(8)5-11(20)12-9(16)6-10(17)13(18)14(12)19/h1-4,6H,5H2. The Morgan fingerprint density at radius 2 is 1.50 bits per heavy atom. The van der Waals surface area contributed by atoms with E-state index in [0.29, 0.717) is 10.6 Å². The number of hydrogen-bond donors (Lipinski definition) is 0. The first-order chi connectivity index (χ1) is 9.41. The van der Waals surface area contributed by atoms with Gasteiger partial charge in [-0.3, -0.25) is 4.79 Å². The topological polar surface area (TPSA) is 17.1 Å². The zero-order valence-electron chi connectivity index (χ0n) is 9.89. The third-order valence-corrected chi connectivity index (χ3v) is 4.63. The van der Waals surface area contributed by atoms with Crippen molar-refractivity contribution >= 4 is 63.8 Å². The Bertz CT molecular complexity index is 682. The highest BCUT2D eigenvalue weighted by atomic mass is 35.5. The molecule has 0 unspecified atom stereocenters. The average Bonchev–Trinajstić information content (AvgIpc) is 2.39. The SMILES string of the molecule is O=C(Cc1ccccc1Cl)c1c(Cl)cc(Cl)c(Cl)c1Cl. The fourth-order valence-electron chi connectivity index (χ4n) is 1.72. The lowest BCUT2D eigenvalue weighted by molar-refractivity contribution is 0.0993. The van der Waals surface area contributed by atoms with Gasteiger partial charge in [0.1, 0.15) is 0 Å². The Kier molecular flexibility index (Phi) is 5.22.